The first-order valence-electron chi connectivity index (χ1n) is 6.67. The van der Waals surface area contributed by atoms with Crippen LogP contribution in [0.2, 0.25) is 0 Å². The predicted molar refractivity (Wildman–Crippen MR) is 67.4 cm³/mol. The first-order chi connectivity index (χ1) is 7.67. The maximum Gasteiger partial charge on any atom is 0.108 e. The van der Waals surface area contributed by atoms with Crippen molar-refractivity contribution in [2.75, 3.05) is 0 Å². The number of aromatic nitrogens is 2. The molecule has 2 rings (SSSR count). The summed E-state index contributed by atoms with van der Waals surface area (Å²) in [5.41, 5.74) is 0.492. The summed E-state index contributed by atoms with van der Waals surface area (Å²) in [6, 6.07) is 0. The number of hydrogen-bond acceptors (Lipinski definition) is 1. The van der Waals surface area contributed by atoms with Crippen LogP contribution >= 0.6 is 0 Å². The highest BCUT2D eigenvalue weighted by molar-refractivity contribution is 4.93. The topological polar surface area (TPSA) is 17.8 Å². The third-order valence-corrected chi connectivity index (χ3v) is 3.84. The van der Waals surface area contributed by atoms with Gasteiger partial charge in [0.2, 0.25) is 0 Å². The van der Waals surface area contributed by atoms with Crippen LogP contribution in [0.25, 0.3) is 0 Å². The van der Waals surface area contributed by atoms with Crippen LogP contribution in [0.3, 0.4) is 0 Å². The van der Waals surface area contributed by atoms with Gasteiger partial charge in [-0.15, -0.1) is 0 Å². The van der Waals surface area contributed by atoms with E-state index in [1.165, 1.54) is 44.3 Å². The van der Waals surface area contributed by atoms with E-state index in [1.54, 1.807) is 0 Å². The minimum atomic E-state index is 0.492. The van der Waals surface area contributed by atoms with Gasteiger partial charge >= 0.3 is 0 Å². The van der Waals surface area contributed by atoms with Gasteiger partial charge in [0.05, 0.1) is 0 Å². The van der Waals surface area contributed by atoms with Crippen LogP contribution in [-0.2, 0) is 13.0 Å². The van der Waals surface area contributed by atoms with Crippen molar-refractivity contribution in [2.24, 2.45) is 5.41 Å². The molecule has 1 aromatic heterocycles. The average Bonchev–Trinajstić information content (AvgIpc) is 2.66. The first-order valence-corrected chi connectivity index (χ1v) is 6.67. The fourth-order valence-corrected chi connectivity index (χ4v) is 2.56. The van der Waals surface area contributed by atoms with E-state index in [1.807, 2.05) is 6.20 Å². The molecule has 0 aliphatic carbocycles. The number of rotatable bonds is 0. The molecular weight excluding hydrogens is 196 g/mol. The van der Waals surface area contributed by atoms with E-state index >= 15 is 0 Å². The number of imidazole rings is 1. The number of hydrogen-bond donors (Lipinski definition) is 0. The Balaban J connectivity index is 2.07. The molecule has 0 amide bonds. The van der Waals surface area contributed by atoms with Gasteiger partial charge in [-0.3, -0.25) is 0 Å². The Morgan fingerprint density at radius 3 is 2.81 bits per heavy atom. The minimum absolute atomic E-state index is 0.492. The van der Waals surface area contributed by atoms with Gasteiger partial charge in [-0.25, -0.2) is 4.98 Å². The molecule has 0 saturated heterocycles. The Hall–Kier alpha value is -0.790. The smallest absolute Gasteiger partial charge is 0.108 e. The lowest BCUT2D eigenvalue weighted by atomic mass is 9.83. The Labute approximate surface area is 99.1 Å². The van der Waals surface area contributed by atoms with Gasteiger partial charge in [-0.05, 0) is 24.7 Å². The largest absolute Gasteiger partial charge is 0.335 e. The molecule has 0 spiro atoms. The van der Waals surface area contributed by atoms with Crippen LogP contribution in [-0.4, -0.2) is 9.55 Å². The van der Waals surface area contributed by atoms with Crippen LogP contribution < -0.4 is 0 Å². The van der Waals surface area contributed by atoms with E-state index in [0.717, 1.165) is 13.0 Å². The summed E-state index contributed by atoms with van der Waals surface area (Å²) in [5.74, 6) is 1.29. The summed E-state index contributed by atoms with van der Waals surface area (Å²) in [4.78, 5) is 4.47. The lowest BCUT2D eigenvalue weighted by molar-refractivity contribution is 0.279. The van der Waals surface area contributed by atoms with Gasteiger partial charge in [-0.1, -0.05) is 33.1 Å². The summed E-state index contributed by atoms with van der Waals surface area (Å²) < 4.78 is 2.35. The lowest BCUT2D eigenvalue weighted by Crippen LogP contribution is -2.15. The number of fused-ring (bicyclic) bond motifs is 1. The molecule has 1 aromatic rings. The molecule has 0 N–H and O–H groups in total. The van der Waals surface area contributed by atoms with Crippen LogP contribution in [0.15, 0.2) is 12.4 Å². The van der Waals surface area contributed by atoms with Crippen molar-refractivity contribution in [3.8, 4) is 0 Å². The summed E-state index contributed by atoms with van der Waals surface area (Å²) >= 11 is 0. The molecule has 0 atom stereocenters. The number of nitrogens with zero attached hydrogens (tertiary/aromatic N) is 2. The molecule has 0 aromatic carbocycles. The van der Waals surface area contributed by atoms with Gasteiger partial charge in [0.25, 0.3) is 0 Å². The lowest BCUT2D eigenvalue weighted by Gasteiger charge is -2.24. The molecule has 1 aliphatic heterocycles. The Morgan fingerprint density at radius 1 is 1.12 bits per heavy atom. The molecule has 90 valence electrons. The van der Waals surface area contributed by atoms with Crippen molar-refractivity contribution in [3.05, 3.63) is 18.2 Å². The quantitative estimate of drug-likeness (QED) is 0.650. The predicted octanol–water partition coefficient (Wildman–Crippen LogP) is 3.81. The van der Waals surface area contributed by atoms with Crippen molar-refractivity contribution in [1.82, 2.24) is 9.55 Å². The van der Waals surface area contributed by atoms with E-state index in [4.69, 9.17) is 0 Å². The second kappa shape index (κ2) is 5.03. The van der Waals surface area contributed by atoms with Gasteiger partial charge < -0.3 is 4.57 Å². The standard InChI is InChI=1S/C14H24N2/c1-14(2)8-6-4-3-5-7-13-15-10-12-16(13)11-9-14/h10,12H,3-9,11H2,1-2H3. The maximum atomic E-state index is 4.47. The zero-order valence-electron chi connectivity index (χ0n) is 10.7. The fraction of sp³-hybridized carbons (Fsp3) is 0.786. The van der Waals surface area contributed by atoms with Gasteiger partial charge in [0.1, 0.15) is 5.82 Å². The zero-order chi connectivity index (χ0) is 11.4. The van der Waals surface area contributed by atoms with E-state index < -0.39 is 0 Å². The average molecular weight is 220 g/mol. The second-order valence-corrected chi connectivity index (χ2v) is 5.87. The molecule has 2 heterocycles. The third kappa shape index (κ3) is 3.10. The minimum Gasteiger partial charge on any atom is -0.335 e. The molecular formula is C14H24N2. The van der Waals surface area contributed by atoms with E-state index in [0.29, 0.717) is 5.41 Å². The van der Waals surface area contributed by atoms with Crippen LogP contribution in [0.1, 0.15) is 58.2 Å². The maximum absolute atomic E-state index is 4.47. The Morgan fingerprint density at radius 2 is 1.94 bits per heavy atom. The van der Waals surface area contributed by atoms with Crippen molar-refractivity contribution < 1.29 is 0 Å². The molecule has 0 fully saturated rings. The van der Waals surface area contributed by atoms with Crippen LogP contribution in [0.5, 0.6) is 0 Å². The first kappa shape index (κ1) is 11.7. The molecule has 2 heteroatoms. The normalized spacial score (nSPS) is 22.1. The highest BCUT2D eigenvalue weighted by Crippen LogP contribution is 2.29. The molecule has 2 nitrogen and oxygen atoms in total. The molecule has 0 saturated carbocycles. The molecule has 0 bridgehead atoms. The monoisotopic (exact) mass is 220 g/mol. The highest BCUT2D eigenvalue weighted by atomic mass is 15.1. The van der Waals surface area contributed by atoms with Crippen molar-refractivity contribution in [2.45, 2.75) is 65.3 Å². The van der Waals surface area contributed by atoms with E-state index in [9.17, 15) is 0 Å². The van der Waals surface area contributed by atoms with Crippen molar-refractivity contribution >= 4 is 0 Å². The van der Waals surface area contributed by atoms with Crippen molar-refractivity contribution in [3.63, 3.8) is 0 Å². The number of aryl methyl sites for hydroxylation is 2. The zero-order valence-corrected chi connectivity index (χ0v) is 10.7. The van der Waals surface area contributed by atoms with E-state index in [2.05, 4.69) is 29.6 Å². The summed E-state index contributed by atoms with van der Waals surface area (Å²) in [6.45, 7) is 5.95. The summed E-state index contributed by atoms with van der Waals surface area (Å²) in [6.07, 6.45) is 13.4. The molecule has 16 heavy (non-hydrogen) atoms. The molecule has 0 unspecified atom stereocenters. The second-order valence-electron chi connectivity index (χ2n) is 5.87. The molecule has 1 aliphatic rings. The summed E-state index contributed by atoms with van der Waals surface area (Å²) in [5, 5.41) is 0. The van der Waals surface area contributed by atoms with Gasteiger partial charge in [0.15, 0.2) is 0 Å². The van der Waals surface area contributed by atoms with Crippen molar-refractivity contribution in [1.29, 1.82) is 0 Å². The molecule has 0 radical (unpaired) electrons. The Bertz CT molecular complexity index is 325. The Kier molecular flexibility index (Phi) is 3.67. The SMILES string of the molecule is CC1(C)CCCCCCc2nccn2CC1. The van der Waals surface area contributed by atoms with Gasteiger partial charge in [-0.2, -0.15) is 0 Å². The van der Waals surface area contributed by atoms with Crippen LogP contribution in [0, 0.1) is 5.41 Å². The van der Waals surface area contributed by atoms with Gasteiger partial charge in [0, 0.05) is 25.4 Å². The van der Waals surface area contributed by atoms with E-state index in [-0.39, 0.29) is 0 Å². The fourth-order valence-electron chi connectivity index (χ4n) is 2.56. The summed E-state index contributed by atoms with van der Waals surface area (Å²) in [7, 11) is 0. The third-order valence-electron chi connectivity index (χ3n) is 3.84. The highest BCUT2D eigenvalue weighted by Gasteiger charge is 2.18. The van der Waals surface area contributed by atoms with Crippen LogP contribution in [0.4, 0.5) is 0 Å².